The van der Waals surface area contributed by atoms with Crippen molar-refractivity contribution >= 4 is 44.9 Å². The Morgan fingerprint density at radius 1 is 0.864 bits per heavy atom. The summed E-state index contributed by atoms with van der Waals surface area (Å²) in [6.45, 7) is 0. The van der Waals surface area contributed by atoms with Crippen LogP contribution in [-0.4, -0.2) is 41.1 Å². The third-order valence-electron chi connectivity index (χ3n) is 2.48. The smallest absolute Gasteiger partial charge is 0.212 e. The van der Waals surface area contributed by atoms with E-state index in [2.05, 4.69) is 39.0 Å². The summed E-state index contributed by atoms with van der Waals surface area (Å²) in [6.07, 6.45) is -5.98. The lowest BCUT2D eigenvalue weighted by molar-refractivity contribution is -0.359. The van der Waals surface area contributed by atoms with Crippen molar-refractivity contribution < 1.29 is 52.1 Å². The van der Waals surface area contributed by atoms with Gasteiger partial charge in [0.05, 0.1) is 0 Å². The van der Waals surface area contributed by atoms with Crippen LogP contribution in [-0.2, 0) is 14.3 Å². The third-order valence-corrected chi connectivity index (χ3v) is 5.04. The Balaban J connectivity index is 3.60. The number of rotatable bonds is 4. The average molecular weight is 429 g/mol. The zero-order chi connectivity index (χ0) is 18.2. The average Bonchev–Trinajstić information content (AvgIpc) is 2.23. The Morgan fingerprint density at radius 3 is 1.45 bits per heavy atom. The normalized spacial score (nSPS) is 31.3. The molecule has 16 heteroatoms. The van der Waals surface area contributed by atoms with Crippen LogP contribution in [0.15, 0.2) is 0 Å². The van der Waals surface area contributed by atoms with Crippen LogP contribution >= 0.6 is 34.8 Å². The molecule has 0 aliphatic carbocycles. The summed E-state index contributed by atoms with van der Waals surface area (Å²) in [5.41, 5.74) is 0. The van der Waals surface area contributed by atoms with Gasteiger partial charge in [0.25, 0.3) is 0 Å². The Kier molecular flexibility index (Phi) is 4.23. The molecule has 3 nitrogen and oxygen atoms in total. The van der Waals surface area contributed by atoms with Crippen molar-refractivity contribution in [3.8, 4) is 0 Å². The second-order valence-corrected chi connectivity index (χ2v) is 7.26. The lowest BCUT2D eigenvalue weighted by Gasteiger charge is -2.47. The van der Waals surface area contributed by atoms with Gasteiger partial charge in [0.15, 0.2) is 0 Å². The molecule has 1 heterocycles. The zero-order valence-electron chi connectivity index (χ0n) is 9.17. The summed E-state index contributed by atoms with van der Waals surface area (Å²) in [6, 6.07) is 0. The molecular formula is C6Cl3F9O3S. The van der Waals surface area contributed by atoms with Gasteiger partial charge in [-0.3, -0.25) is 0 Å². The number of halogens is 12. The zero-order valence-corrected chi connectivity index (χ0v) is 12.3. The van der Waals surface area contributed by atoms with Gasteiger partial charge in [-0.2, -0.15) is 38.9 Å². The van der Waals surface area contributed by atoms with E-state index in [1.807, 2.05) is 0 Å². The van der Waals surface area contributed by atoms with Crippen LogP contribution in [0.25, 0.3) is 0 Å². The molecule has 0 amide bonds. The van der Waals surface area contributed by atoms with Gasteiger partial charge in [-0.15, -0.1) is 0 Å². The fourth-order valence-electron chi connectivity index (χ4n) is 1.28. The van der Waals surface area contributed by atoms with Gasteiger partial charge in [-0.05, 0) is 0 Å². The molecule has 0 aromatic carbocycles. The van der Waals surface area contributed by atoms with Crippen molar-refractivity contribution in [1.82, 2.24) is 0 Å². The Hall–Kier alpha value is 0.150. The monoisotopic (exact) mass is 428 g/mol. The standard InChI is InChI=1S/C6Cl3F9O3S/c7-1(10,3(13,14)5(8,9)16)2(11,12)4(15)6(17,18)21-22(4,19)20. The maximum Gasteiger partial charge on any atom is 0.426 e. The Bertz CT molecular complexity index is 586. The van der Waals surface area contributed by atoms with Crippen LogP contribution in [0.2, 0.25) is 0 Å². The summed E-state index contributed by atoms with van der Waals surface area (Å²) >= 11 is 12.1. The van der Waals surface area contributed by atoms with Gasteiger partial charge in [0.1, 0.15) is 0 Å². The van der Waals surface area contributed by atoms with Crippen molar-refractivity contribution in [2.24, 2.45) is 0 Å². The number of hydrogen-bond donors (Lipinski definition) is 0. The highest BCUT2D eigenvalue weighted by Gasteiger charge is 2.97. The van der Waals surface area contributed by atoms with Crippen LogP contribution < -0.4 is 0 Å². The van der Waals surface area contributed by atoms with Crippen LogP contribution in [0.5, 0.6) is 0 Å². The summed E-state index contributed by atoms with van der Waals surface area (Å²) in [5, 5.41) is -12.8. The molecule has 0 spiro atoms. The highest BCUT2D eigenvalue weighted by molar-refractivity contribution is 7.89. The quantitative estimate of drug-likeness (QED) is 0.387. The first kappa shape index (κ1) is 20.2. The minimum absolute atomic E-state index is 2.46. The van der Waals surface area contributed by atoms with E-state index in [0.717, 1.165) is 0 Å². The third kappa shape index (κ3) is 2.04. The summed E-state index contributed by atoms with van der Waals surface area (Å²) < 4.78 is 137. The van der Waals surface area contributed by atoms with Gasteiger partial charge in [-0.25, -0.2) is 13.2 Å². The molecule has 2 unspecified atom stereocenters. The topological polar surface area (TPSA) is 43.4 Å². The molecule has 0 radical (unpaired) electrons. The molecule has 132 valence electrons. The highest BCUT2D eigenvalue weighted by Crippen LogP contribution is 2.66. The maximum absolute atomic E-state index is 13.6. The van der Waals surface area contributed by atoms with E-state index in [4.69, 9.17) is 0 Å². The number of alkyl halides is 12. The van der Waals surface area contributed by atoms with Gasteiger partial charge in [-0.1, -0.05) is 34.8 Å². The van der Waals surface area contributed by atoms with Crippen molar-refractivity contribution in [3.63, 3.8) is 0 Å². The largest absolute Gasteiger partial charge is 0.426 e. The number of hydrogen-bond acceptors (Lipinski definition) is 3. The van der Waals surface area contributed by atoms with Gasteiger partial charge in [0, 0.05) is 0 Å². The molecule has 1 aliphatic rings. The van der Waals surface area contributed by atoms with E-state index >= 15 is 0 Å². The van der Waals surface area contributed by atoms with Gasteiger partial charge >= 0.3 is 42.8 Å². The minimum Gasteiger partial charge on any atom is -0.212 e. The first-order chi connectivity index (χ1) is 9.21. The van der Waals surface area contributed by atoms with Crippen molar-refractivity contribution in [2.45, 2.75) is 32.7 Å². The molecule has 1 rings (SSSR count). The first-order valence-corrected chi connectivity index (χ1v) is 6.97. The van der Waals surface area contributed by atoms with Crippen molar-refractivity contribution in [2.75, 3.05) is 0 Å². The molecule has 1 saturated heterocycles. The Labute approximate surface area is 130 Å². The van der Waals surface area contributed by atoms with E-state index in [0.29, 0.717) is 0 Å². The van der Waals surface area contributed by atoms with Crippen LogP contribution in [0.3, 0.4) is 0 Å². The lowest BCUT2D eigenvalue weighted by atomic mass is 10.0. The fourth-order valence-corrected chi connectivity index (χ4v) is 3.13. The molecule has 0 aromatic heterocycles. The van der Waals surface area contributed by atoms with Crippen LogP contribution in [0.1, 0.15) is 0 Å². The van der Waals surface area contributed by atoms with E-state index in [-0.39, 0.29) is 0 Å². The fraction of sp³-hybridized carbons (Fsp3) is 1.00. The molecule has 22 heavy (non-hydrogen) atoms. The van der Waals surface area contributed by atoms with E-state index < -0.39 is 42.8 Å². The van der Waals surface area contributed by atoms with Crippen LogP contribution in [0.4, 0.5) is 39.5 Å². The molecule has 0 bridgehead atoms. The SMILES string of the molecule is O=S1(=O)OC(F)(F)C1(F)C(F)(F)C(F)(Cl)C(F)(F)C(F)(Cl)Cl. The molecule has 2 atom stereocenters. The Morgan fingerprint density at radius 2 is 1.23 bits per heavy atom. The molecule has 1 aliphatic heterocycles. The van der Waals surface area contributed by atoms with Gasteiger partial charge < -0.3 is 0 Å². The molecule has 0 N–H and O–H groups in total. The molecular weight excluding hydrogens is 429 g/mol. The highest BCUT2D eigenvalue weighted by atomic mass is 35.5. The summed E-state index contributed by atoms with van der Waals surface area (Å²) in [4.78, 5) is 0. The van der Waals surface area contributed by atoms with Crippen molar-refractivity contribution in [1.29, 1.82) is 0 Å². The van der Waals surface area contributed by atoms with E-state index in [9.17, 15) is 47.9 Å². The molecule has 0 saturated carbocycles. The first-order valence-electron chi connectivity index (χ1n) is 4.43. The van der Waals surface area contributed by atoms with Gasteiger partial charge in [0.2, 0.25) is 0 Å². The predicted octanol–water partition coefficient (Wildman–Crippen LogP) is 3.88. The van der Waals surface area contributed by atoms with E-state index in [1.54, 1.807) is 0 Å². The maximum atomic E-state index is 13.6. The van der Waals surface area contributed by atoms with Crippen molar-refractivity contribution in [3.05, 3.63) is 0 Å². The van der Waals surface area contributed by atoms with Crippen LogP contribution in [0, 0.1) is 0 Å². The second-order valence-electron chi connectivity index (χ2n) is 3.87. The summed E-state index contributed by atoms with van der Waals surface area (Å²) in [5.74, 6) is -13.4. The summed E-state index contributed by atoms with van der Waals surface area (Å²) in [7, 11) is -6.61. The lowest BCUT2D eigenvalue weighted by Crippen LogP contribution is -2.79. The molecule has 0 aromatic rings. The second kappa shape index (κ2) is 4.61. The predicted molar refractivity (Wildman–Crippen MR) is 53.9 cm³/mol. The minimum atomic E-state index is -6.95. The molecule has 1 fully saturated rings. The van der Waals surface area contributed by atoms with E-state index in [1.165, 1.54) is 0 Å².